The molecule has 5 heteroatoms. The summed E-state index contributed by atoms with van der Waals surface area (Å²) in [4.78, 5) is 4.40. The Hall–Kier alpha value is -0.550. The molecular weight excluding hydrogens is 224 g/mol. The van der Waals surface area contributed by atoms with Crippen LogP contribution in [0.5, 0.6) is 0 Å². The van der Waals surface area contributed by atoms with E-state index in [4.69, 9.17) is 4.52 Å². The Morgan fingerprint density at radius 3 is 3.12 bits per heavy atom. The van der Waals surface area contributed by atoms with Crippen molar-refractivity contribution < 1.29 is 9.63 Å². The predicted molar refractivity (Wildman–Crippen MR) is 63.3 cm³/mol. The highest BCUT2D eigenvalue weighted by Gasteiger charge is 2.21. The van der Waals surface area contributed by atoms with Gasteiger partial charge in [0.05, 0.1) is 11.4 Å². The Kier molecular flexibility index (Phi) is 4.23. The first kappa shape index (κ1) is 11.9. The Balaban J connectivity index is 1.90. The summed E-state index contributed by atoms with van der Waals surface area (Å²) in [6, 6.07) is 0. The smallest absolute Gasteiger partial charge is 0.226 e. The third-order valence-corrected chi connectivity index (χ3v) is 4.10. The molecule has 0 radical (unpaired) electrons. The minimum Gasteiger partial charge on any atom is -0.393 e. The van der Waals surface area contributed by atoms with Crippen molar-refractivity contribution in [2.45, 2.75) is 50.4 Å². The van der Waals surface area contributed by atoms with Gasteiger partial charge in [-0.1, -0.05) is 11.6 Å². The molecule has 1 N–H and O–H groups in total. The van der Waals surface area contributed by atoms with E-state index in [-0.39, 0.29) is 6.10 Å². The van der Waals surface area contributed by atoms with E-state index < -0.39 is 0 Å². The lowest BCUT2D eigenvalue weighted by atomic mass is 10.2. The van der Waals surface area contributed by atoms with E-state index in [1.54, 1.807) is 6.92 Å². The van der Waals surface area contributed by atoms with E-state index in [1.807, 2.05) is 11.8 Å². The molecule has 90 valence electrons. The minimum absolute atomic E-state index is 0.306. The molecule has 2 rings (SSSR count). The van der Waals surface area contributed by atoms with Gasteiger partial charge >= 0.3 is 0 Å². The van der Waals surface area contributed by atoms with Gasteiger partial charge in [-0.05, 0) is 31.9 Å². The molecule has 2 heterocycles. The first-order chi connectivity index (χ1) is 7.75. The van der Waals surface area contributed by atoms with Gasteiger partial charge in [-0.2, -0.15) is 16.7 Å². The highest BCUT2D eigenvalue weighted by molar-refractivity contribution is 7.99. The van der Waals surface area contributed by atoms with Crippen molar-refractivity contribution in [3.05, 3.63) is 11.7 Å². The molecule has 0 aromatic carbocycles. The van der Waals surface area contributed by atoms with Crippen molar-refractivity contribution in [1.82, 2.24) is 10.1 Å². The van der Waals surface area contributed by atoms with Crippen LogP contribution in [0.25, 0.3) is 0 Å². The number of aliphatic hydroxyl groups is 1. The first-order valence-electron chi connectivity index (χ1n) is 5.88. The van der Waals surface area contributed by atoms with Gasteiger partial charge in [0.15, 0.2) is 5.82 Å². The molecule has 4 nitrogen and oxygen atoms in total. The molecule has 1 aliphatic heterocycles. The fourth-order valence-corrected chi connectivity index (χ4v) is 3.01. The second-order valence-corrected chi connectivity index (χ2v) is 5.60. The average molecular weight is 242 g/mol. The third kappa shape index (κ3) is 3.22. The monoisotopic (exact) mass is 242 g/mol. The molecule has 0 aliphatic carbocycles. The van der Waals surface area contributed by atoms with E-state index in [9.17, 15) is 5.11 Å². The second-order valence-electron chi connectivity index (χ2n) is 4.29. The molecule has 0 amide bonds. The fraction of sp³-hybridized carbons (Fsp3) is 0.818. The Morgan fingerprint density at radius 2 is 2.44 bits per heavy atom. The van der Waals surface area contributed by atoms with E-state index in [0.717, 1.165) is 12.2 Å². The van der Waals surface area contributed by atoms with E-state index in [2.05, 4.69) is 10.1 Å². The molecule has 1 saturated heterocycles. The van der Waals surface area contributed by atoms with E-state index in [1.165, 1.54) is 18.6 Å². The van der Waals surface area contributed by atoms with E-state index >= 15 is 0 Å². The number of aliphatic hydroxyl groups excluding tert-OH is 1. The SMILES string of the molecule is CC(O)CCc1nc(C2CCCCS2)no1. The summed E-state index contributed by atoms with van der Waals surface area (Å²) in [5.41, 5.74) is 0. The number of aryl methyl sites for hydroxylation is 1. The van der Waals surface area contributed by atoms with Gasteiger partial charge in [0, 0.05) is 6.42 Å². The number of hydrogen-bond donors (Lipinski definition) is 1. The molecule has 0 spiro atoms. The van der Waals surface area contributed by atoms with Crippen LogP contribution in [0.15, 0.2) is 4.52 Å². The quantitative estimate of drug-likeness (QED) is 0.878. The molecule has 0 bridgehead atoms. The molecule has 1 aromatic heterocycles. The maximum Gasteiger partial charge on any atom is 0.226 e. The minimum atomic E-state index is -0.306. The first-order valence-corrected chi connectivity index (χ1v) is 6.92. The zero-order chi connectivity index (χ0) is 11.4. The van der Waals surface area contributed by atoms with Crippen LogP contribution >= 0.6 is 11.8 Å². The maximum atomic E-state index is 9.18. The Labute approximate surface area is 99.8 Å². The number of hydrogen-bond acceptors (Lipinski definition) is 5. The van der Waals surface area contributed by atoms with Crippen LogP contribution in [0.3, 0.4) is 0 Å². The van der Waals surface area contributed by atoms with Crippen molar-refractivity contribution in [3.8, 4) is 0 Å². The third-order valence-electron chi connectivity index (χ3n) is 2.73. The molecule has 2 unspecified atom stereocenters. The molecular formula is C11H18N2O2S. The van der Waals surface area contributed by atoms with Gasteiger partial charge < -0.3 is 9.63 Å². The lowest BCUT2D eigenvalue weighted by molar-refractivity contribution is 0.180. The van der Waals surface area contributed by atoms with Crippen molar-refractivity contribution in [1.29, 1.82) is 0 Å². The van der Waals surface area contributed by atoms with Crippen molar-refractivity contribution >= 4 is 11.8 Å². The standard InChI is InChI=1S/C11H18N2O2S/c1-8(14)5-6-10-12-11(13-15-10)9-4-2-3-7-16-9/h8-9,14H,2-7H2,1H3. The van der Waals surface area contributed by atoms with Gasteiger partial charge in [0.2, 0.25) is 5.89 Å². The van der Waals surface area contributed by atoms with Crippen LogP contribution in [-0.4, -0.2) is 27.1 Å². The number of thioether (sulfide) groups is 1. The number of nitrogens with zero attached hydrogens (tertiary/aromatic N) is 2. The predicted octanol–water partition coefficient (Wildman–Crippen LogP) is 2.34. The fourth-order valence-electron chi connectivity index (χ4n) is 1.78. The van der Waals surface area contributed by atoms with Crippen LogP contribution in [0.2, 0.25) is 0 Å². The van der Waals surface area contributed by atoms with E-state index in [0.29, 0.717) is 24.0 Å². The molecule has 16 heavy (non-hydrogen) atoms. The summed E-state index contributed by atoms with van der Waals surface area (Å²) in [5, 5.41) is 13.6. The average Bonchev–Trinajstić information content (AvgIpc) is 2.76. The molecule has 1 aliphatic rings. The van der Waals surface area contributed by atoms with Crippen LogP contribution in [0, 0.1) is 0 Å². The van der Waals surface area contributed by atoms with Crippen molar-refractivity contribution in [3.63, 3.8) is 0 Å². The zero-order valence-corrected chi connectivity index (χ0v) is 10.4. The highest BCUT2D eigenvalue weighted by atomic mass is 32.2. The molecule has 1 aromatic rings. The Morgan fingerprint density at radius 1 is 1.56 bits per heavy atom. The van der Waals surface area contributed by atoms with Crippen LogP contribution in [-0.2, 0) is 6.42 Å². The second kappa shape index (κ2) is 5.68. The van der Waals surface area contributed by atoms with Gasteiger partial charge in [0.25, 0.3) is 0 Å². The molecule has 1 fully saturated rings. The summed E-state index contributed by atoms with van der Waals surface area (Å²) >= 11 is 1.92. The maximum absolute atomic E-state index is 9.18. The van der Waals surface area contributed by atoms with Gasteiger partial charge in [-0.3, -0.25) is 0 Å². The van der Waals surface area contributed by atoms with Crippen LogP contribution < -0.4 is 0 Å². The summed E-state index contributed by atoms with van der Waals surface area (Å²) < 4.78 is 5.18. The lowest BCUT2D eigenvalue weighted by Gasteiger charge is -2.17. The van der Waals surface area contributed by atoms with Crippen LogP contribution in [0.4, 0.5) is 0 Å². The largest absolute Gasteiger partial charge is 0.393 e. The van der Waals surface area contributed by atoms with Crippen LogP contribution in [0.1, 0.15) is 49.6 Å². The summed E-state index contributed by atoms with van der Waals surface area (Å²) in [5.74, 6) is 2.69. The Bertz CT molecular complexity index is 322. The molecule has 0 saturated carbocycles. The molecule has 2 atom stereocenters. The lowest BCUT2D eigenvalue weighted by Crippen LogP contribution is -2.04. The number of rotatable bonds is 4. The van der Waals surface area contributed by atoms with Gasteiger partial charge in [-0.25, -0.2) is 0 Å². The highest BCUT2D eigenvalue weighted by Crippen LogP contribution is 2.36. The van der Waals surface area contributed by atoms with Crippen molar-refractivity contribution in [2.24, 2.45) is 0 Å². The van der Waals surface area contributed by atoms with Gasteiger partial charge in [0.1, 0.15) is 0 Å². The zero-order valence-electron chi connectivity index (χ0n) is 9.56. The summed E-state index contributed by atoms with van der Waals surface area (Å²) in [7, 11) is 0. The normalized spacial score (nSPS) is 23.2. The van der Waals surface area contributed by atoms with Gasteiger partial charge in [-0.15, -0.1) is 0 Å². The summed E-state index contributed by atoms with van der Waals surface area (Å²) in [6.45, 7) is 1.77. The van der Waals surface area contributed by atoms with Crippen molar-refractivity contribution in [2.75, 3.05) is 5.75 Å². The number of aromatic nitrogens is 2. The topological polar surface area (TPSA) is 59.2 Å². The summed E-state index contributed by atoms with van der Waals surface area (Å²) in [6.07, 6.45) is 4.75.